The molecular weight excluding hydrogens is 634 g/mol. The van der Waals surface area contributed by atoms with Crippen LogP contribution in [0, 0.1) is 0 Å². The van der Waals surface area contributed by atoms with Crippen molar-refractivity contribution < 1.29 is 36.4 Å². The van der Waals surface area contributed by atoms with Gasteiger partial charge in [-0.3, -0.25) is 0 Å². The number of halogens is 2. The van der Waals surface area contributed by atoms with Crippen LogP contribution in [0.1, 0.15) is 0 Å². The molecule has 4 rings (SSSR count). The van der Waals surface area contributed by atoms with E-state index in [1.54, 1.807) is 0 Å². The largest absolute Gasteiger partial charge is 0.0622 e. The van der Waals surface area contributed by atoms with Gasteiger partial charge in [-0.05, 0) is 21.2 Å². The Labute approximate surface area is 213 Å². The van der Waals surface area contributed by atoms with Crippen LogP contribution in [0.15, 0.2) is 121 Å². The second-order valence-electron chi connectivity index (χ2n) is 5.76. The number of hydrogen-bond donors (Lipinski definition) is 0. The molecule has 0 aromatic heterocycles. The molecule has 0 spiro atoms. The van der Waals surface area contributed by atoms with Gasteiger partial charge in [0.1, 0.15) is 0 Å². The van der Waals surface area contributed by atoms with Crippen LogP contribution in [0.5, 0.6) is 0 Å². The molecule has 0 aliphatic carbocycles. The molecule has 0 saturated heterocycles. The second-order valence-corrected chi connectivity index (χ2v) is 10.9. The molecule has 0 heterocycles. The summed E-state index contributed by atoms with van der Waals surface area (Å²) in [5.74, 6) is 0. The third-order valence-corrected chi connectivity index (χ3v) is 6.16. The minimum Gasteiger partial charge on any atom is -0.0622 e. The van der Waals surface area contributed by atoms with Gasteiger partial charge in [-0.2, -0.15) is 0 Å². The standard InChI is InChI=1S/2C12H11P.2ClH.2Pd/c2*1-3-7-11(8-4-1)13-12-9-5-2-6-10-12;;;;/h2*1-10,13H;2*1H;;/q;;;;;+2/p-2. The van der Waals surface area contributed by atoms with Gasteiger partial charge in [-0.1, -0.05) is 138 Å². The van der Waals surface area contributed by atoms with Crippen molar-refractivity contribution in [1.29, 1.82) is 0 Å². The molecule has 6 heteroatoms. The van der Waals surface area contributed by atoms with Crippen molar-refractivity contribution >= 4 is 57.4 Å². The summed E-state index contributed by atoms with van der Waals surface area (Å²) in [7, 11) is 11.2. The molecule has 4 aromatic carbocycles. The molecule has 162 valence electrons. The summed E-state index contributed by atoms with van der Waals surface area (Å²) in [4.78, 5) is 0. The second kappa shape index (κ2) is 18.2. The monoisotopic (exact) mass is 654 g/mol. The zero-order chi connectivity index (χ0) is 20.6. The molecule has 0 fully saturated rings. The first-order valence-electron chi connectivity index (χ1n) is 8.88. The molecular formula is C24H22Cl2P2Pd2. The van der Waals surface area contributed by atoms with Gasteiger partial charge in [0.2, 0.25) is 0 Å². The van der Waals surface area contributed by atoms with Gasteiger partial charge in [0.15, 0.2) is 0 Å². The average molecular weight is 656 g/mol. The van der Waals surface area contributed by atoms with Gasteiger partial charge in [0, 0.05) is 20.4 Å². The average Bonchev–Trinajstić information content (AvgIpc) is 2.78. The quantitative estimate of drug-likeness (QED) is 0.187. The zero-order valence-corrected chi connectivity index (χ0v) is 22.6. The predicted octanol–water partition coefficient (Wildman–Crippen LogP) is 6.01. The van der Waals surface area contributed by atoms with Crippen molar-refractivity contribution in [3.05, 3.63) is 121 Å². The van der Waals surface area contributed by atoms with Gasteiger partial charge in [0.05, 0.1) is 0 Å². The summed E-state index contributed by atoms with van der Waals surface area (Å²) in [5.41, 5.74) is 0. The van der Waals surface area contributed by atoms with Crippen molar-refractivity contribution in [2.45, 2.75) is 0 Å². The van der Waals surface area contributed by atoms with Crippen molar-refractivity contribution in [3.63, 3.8) is 0 Å². The molecule has 0 saturated carbocycles. The molecule has 0 bridgehead atoms. The molecule has 30 heavy (non-hydrogen) atoms. The van der Waals surface area contributed by atoms with Crippen molar-refractivity contribution in [2.24, 2.45) is 0 Å². The van der Waals surface area contributed by atoms with Crippen LogP contribution in [-0.4, -0.2) is 0 Å². The number of rotatable bonds is 4. The minimum atomic E-state index is -0.106. The summed E-state index contributed by atoms with van der Waals surface area (Å²) in [6.45, 7) is 0. The Morgan fingerprint density at radius 1 is 0.400 bits per heavy atom. The molecule has 0 aliphatic heterocycles. The Bertz CT molecular complexity index is 745. The van der Waals surface area contributed by atoms with E-state index in [-0.39, 0.29) is 36.4 Å². The van der Waals surface area contributed by atoms with E-state index in [4.69, 9.17) is 19.1 Å². The summed E-state index contributed by atoms with van der Waals surface area (Å²) >= 11 is -0.106. The van der Waals surface area contributed by atoms with Crippen LogP contribution in [0.2, 0.25) is 0 Å². The number of hydrogen-bond acceptors (Lipinski definition) is 0. The smallest absolute Gasteiger partial charge is 0 e. The fourth-order valence-corrected chi connectivity index (χ4v) is 4.52. The van der Waals surface area contributed by atoms with Crippen LogP contribution in [0.4, 0.5) is 0 Å². The van der Waals surface area contributed by atoms with E-state index < -0.39 is 0 Å². The van der Waals surface area contributed by atoms with E-state index in [0.29, 0.717) is 0 Å². The van der Waals surface area contributed by atoms with E-state index in [1.807, 2.05) is 0 Å². The van der Waals surface area contributed by atoms with Crippen molar-refractivity contribution in [1.82, 2.24) is 0 Å². The first-order chi connectivity index (χ1) is 14.3. The summed E-state index contributed by atoms with van der Waals surface area (Å²) in [6, 6.07) is 42.3. The van der Waals surface area contributed by atoms with E-state index in [0.717, 1.165) is 17.2 Å². The maximum absolute atomic E-state index is 4.81. The van der Waals surface area contributed by atoms with Gasteiger partial charge in [-0.15, -0.1) is 0 Å². The Balaban J connectivity index is 0.000000258. The van der Waals surface area contributed by atoms with Crippen LogP contribution < -0.4 is 21.2 Å². The van der Waals surface area contributed by atoms with E-state index in [9.17, 15) is 0 Å². The molecule has 0 unspecified atom stereocenters. The minimum absolute atomic E-state index is 0. The normalized spacial score (nSPS) is 9.27. The maximum atomic E-state index is 4.81. The Kier molecular flexibility index (Phi) is 16.8. The Morgan fingerprint density at radius 3 is 0.733 bits per heavy atom. The fraction of sp³-hybridized carbons (Fsp3) is 0. The maximum Gasteiger partial charge on any atom is 0 e. The predicted molar refractivity (Wildman–Crippen MR) is 133 cm³/mol. The molecule has 0 radical (unpaired) electrons. The molecule has 0 nitrogen and oxygen atoms in total. The molecule has 0 N–H and O–H groups in total. The molecule has 4 aromatic rings. The number of benzene rings is 4. The molecule has 0 aliphatic rings. The Morgan fingerprint density at radius 2 is 0.567 bits per heavy atom. The van der Waals surface area contributed by atoms with Crippen LogP contribution >= 0.6 is 36.2 Å². The molecule has 0 amide bonds. The van der Waals surface area contributed by atoms with Gasteiger partial charge in [-0.25, -0.2) is 0 Å². The first-order valence-corrected chi connectivity index (χ1v) is 14.9. The van der Waals surface area contributed by atoms with Crippen LogP contribution in [0.25, 0.3) is 0 Å². The topological polar surface area (TPSA) is 0 Å². The van der Waals surface area contributed by atoms with Crippen molar-refractivity contribution in [2.75, 3.05) is 0 Å². The van der Waals surface area contributed by atoms with Gasteiger partial charge < -0.3 is 0 Å². The van der Waals surface area contributed by atoms with Gasteiger partial charge >= 0.3 is 35.0 Å². The Hall–Kier alpha value is -0.355. The van der Waals surface area contributed by atoms with E-state index in [1.165, 1.54) is 21.2 Å². The summed E-state index contributed by atoms with van der Waals surface area (Å²) in [6.07, 6.45) is 0. The summed E-state index contributed by atoms with van der Waals surface area (Å²) < 4.78 is 0. The third-order valence-electron chi connectivity index (χ3n) is 3.67. The van der Waals surface area contributed by atoms with E-state index in [2.05, 4.69) is 121 Å². The zero-order valence-electron chi connectivity index (χ0n) is 15.9. The van der Waals surface area contributed by atoms with Crippen molar-refractivity contribution in [3.8, 4) is 0 Å². The van der Waals surface area contributed by atoms with E-state index >= 15 is 0 Å². The SMILES string of the molecule is [Cl][Pd][Cl].[Pd].c1ccc(Pc2ccccc2)cc1.c1ccc(Pc2ccccc2)cc1. The summed E-state index contributed by atoms with van der Waals surface area (Å²) in [5, 5.41) is 5.59. The van der Waals surface area contributed by atoms with Crippen LogP contribution in [0.3, 0.4) is 0 Å². The van der Waals surface area contributed by atoms with Gasteiger partial charge in [0.25, 0.3) is 0 Å². The fourth-order valence-electron chi connectivity index (χ4n) is 2.42. The molecule has 0 atom stereocenters. The third kappa shape index (κ3) is 12.5. The first kappa shape index (κ1) is 27.7. The van der Waals surface area contributed by atoms with Crippen LogP contribution in [-0.2, 0) is 36.4 Å².